The van der Waals surface area contributed by atoms with Crippen molar-refractivity contribution in [3.8, 4) is 22.3 Å². The van der Waals surface area contributed by atoms with Gasteiger partial charge in [-0.1, -0.05) is 116 Å². The maximum atomic E-state index is 3.67. The number of aromatic amines is 1. The zero-order valence-corrected chi connectivity index (χ0v) is 23.5. The van der Waals surface area contributed by atoms with E-state index in [1.807, 2.05) is 18.2 Å². The second-order valence-corrected chi connectivity index (χ2v) is 11.2. The van der Waals surface area contributed by atoms with Crippen LogP contribution in [-0.4, -0.2) is 4.98 Å². The Morgan fingerprint density at radius 1 is 0.641 bits per heavy atom. The van der Waals surface area contributed by atoms with Crippen LogP contribution in [0.3, 0.4) is 0 Å². The number of aryl methyl sites for hydroxylation is 2. The molecule has 0 atom stereocenters. The van der Waals surface area contributed by atoms with Crippen molar-refractivity contribution < 1.29 is 0 Å². The quantitative estimate of drug-likeness (QED) is 0.241. The van der Waals surface area contributed by atoms with E-state index in [2.05, 4.69) is 137 Å². The highest BCUT2D eigenvalue weighted by Gasteiger charge is 2.35. The number of benzene rings is 5. The van der Waals surface area contributed by atoms with E-state index in [0.717, 1.165) is 0 Å². The van der Waals surface area contributed by atoms with Crippen LogP contribution in [0.2, 0.25) is 0 Å². The zero-order chi connectivity index (χ0) is 27.1. The van der Waals surface area contributed by atoms with Gasteiger partial charge >= 0.3 is 0 Å². The first-order chi connectivity index (χ1) is 18.9. The lowest BCUT2D eigenvalue weighted by Gasteiger charge is -2.22. The minimum Gasteiger partial charge on any atom is -0.354 e. The highest BCUT2D eigenvalue weighted by molar-refractivity contribution is 6.11. The minimum absolute atomic E-state index is 0.0196. The molecule has 192 valence electrons. The highest BCUT2D eigenvalue weighted by Crippen LogP contribution is 2.49. The molecule has 0 spiro atoms. The molecule has 1 aliphatic carbocycles. The van der Waals surface area contributed by atoms with Crippen LogP contribution >= 0.6 is 0 Å². The van der Waals surface area contributed by atoms with Crippen molar-refractivity contribution in [3.05, 3.63) is 137 Å². The van der Waals surface area contributed by atoms with E-state index in [4.69, 9.17) is 0 Å². The SMILES string of the molecule is C/C=C\c1c(C)ccc2c1[nH]c1ccc(-c3ccc4c(c3)C(C)(C)c3ccccc3-4)cc12.Cc1ccccc1. The van der Waals surface area contributed by atoms with Crippen molar-refractivity contribution in [1.29, 1.82) is 0 Å². The molecule has 5 aromatic carbocycles. The van der Waals surface area contributed by atoms with Crippen LogP contribution in [0.15, 0.2) is 109 Å². The standard InChI is InChI=1S/C31H27N.C7H8/c1-5-8-22-19(2)11-14-25-26-17-20(13-16-29(26)32-30(22)25)21-12-15-24-23-9-6-7-10-27(23)31(3,4)28(24)18-21;1-7-5-3-2-4-6-7/h5-18,32H,1-4H3;2-6H,1H3/b8-5-;. The van der Waals surface area contributed by atoms with Crippen LogP contribution in [0.4, 0.5) is 0 Å². The molecule has 6 aromatic rings. The molecular formula is C38H35N. The Balaban J connectivity index is 0.000000346. The molecule has 1 aliphatic rings. The van der Waals surface area contributed by atoms with Crippen molar-refractivity contribution in [2.24, 2.45) is 0 Å². The van der Waals surface area contributed by atoms with E-state index in [-0.39, 0.29) is 5.41 Å². The van der Waals surface area contributed by atoms with Gasteiger partial charge in [0.25, 0.3) is 0 Å². The van der Waals surface area contributed by atoms with Gasteiger partial charge in [0.15, 0.2) is 0 Å². The molecule has 0 aliphatic heterocycles. The fraction of sp³-hybridized carbons (Fsp3) is 0.158. The van der Waals surface area contributed by atoms with Crippen molar-refractivity contribution in [2.45, 2.75) is 40.0 Å². The van der Waals surface area contributed by atoms with E-state index in [1.165, 1.54) is 71.9 Å². The number of nitrogens with one attached hydrogen (secondary N) is 1. The van der Waals surface area contributed by atoms with Gasteiger partial charge < -0.3 is 4.98 Å². The maximum absolute atomic E-state index is 3.67. The van der Waals surface area contributed by atoms with Crippen LogP contribution in [0.25, 0.3) is 50.1 Å². The third-order valence-corrected chi connectivity index (χ3v) is 8.22. The topological polar surface area (TPSA) is 15.8 Å². The van der Waals surface area contributed by atoms with E-state index in [1.54, 1.807) is 0 Å². The number of aromatic nitrogens is 1. The molecule has 1 heterocycles. The smallest absolute Gasteiger partial charge is 0.0541 e. The highest BCUT2D eigenvalue weighted by atomic mass is 14.7. The van der Waals surface area contributed by atoms with Crippen molar-refractivity contribution in [2.75, 3.05) is 0 Å². The molecule has 0 amide bonds. The fourth-order valence-corrected chi connectivity index (χ4v) is 6.07. The largest absolute Gasteiger partial charge is 0.354 e. The second-order valence-electron chi connectivity index (χ2n) is 11.2. The summed E-state index contributed by atoms with van der Waals surface area (Å²) >= 11 is 0. The Hall–Kier alpha value is -4.36. The van der Waals surface area contributed by atoms with Gasteiger partial charge in [-0.3, -0.25) is 0 Å². The molecule has 0 saturated heterocycles. The Morgan fingerprint density at radius 2 is 1.33 bits per heavy atom. The van der Waals surface area contributed by atoms with Crippen LogP contribution < -0.4 is 0 Å². The Labute approximate surface area is 231 Å². The molecule has 1 N–H and O–H groups in total. The molecule has 0 unspecified atom stereocenters. The molecule has 0 saturated carbocycles. The van der Waals surface area contributed by atoms with Gasteiger partial charge in [0, 0.05) is 27.3 Å². The van der Waals surface area contributed by atoms with E-state index < -0.39 is 0 Å². The Bertz CT molecular complexity index is 1850. The van der Waals surface area contributed by atoms with Crippen LogP contribution in [0, 0.1) is 13.8 Å². The number of hydrogen-bond acceptors (Lipinski definition) is 0. The van der Waals surface area contributed by atoms with Crippen molar-refractivity contribution >= 4 is 27.9 Å². The zero-order valence-electron chi connectivity index (χ0n) is 23.5. The Morgan fingerprint density at radius 3 is 2.08 bits per heavy atom. The van der Waals surface area contributed by atoms with Gasteiger partial charge in [-0.05, 0) is 77.9 Å². The monoisotopic (exact) mass is 505 g/mol. The summed E-state index contributed by atoms with van der Waals surface area (Å²) in [6.07, 6.45) is 4.32. The number of allylic oxidation sites excluding steroid dienone is 1. The van der Waals surface area contributed by atoms with E-state index in [9.17, 15) is 0 Å². The lowest BCUT2D eigenvalue weighted by atomic mass is 9.81. The molecular weight excluding hydrogens is 470 g/mol. The second kappa shape index (κ2) is 9.75. The molecule has 0 bridgehead atoms. The molecule has 0 fully saturated rings. The van der Waals surface area contributed by atoms with Gasteiger partial charge in [0.1, 0.15) is 0 Å². The predicted octanol–water partition coefficient (Wildman–Crippen LogP) is 10.6. The fourth-order valence-electron chi connectivity index (χ4n) is 6.07. The van der Waals surface area contributed by atoms with Crippen LogP contribution in [-0.2, 0) is 5.41 Å². The third kappa shape index (κ3) is 4.29. The summed E-state index contributed by atoms with van der Waals surface area (Å²) in [6, 6.07) is 37.4. The molecule has 39 heavy (non-hydrogen) atoms. The minimum atomic E-state index is 0.0196. The molecule has 0 radical (unpaired) electrons. The maximum Gasteiger partial charge on any atom is 0.0541 e. The van der Waals surface area contributed by atoms with E-state index >= 15 is 0 Å². The molecule has 1 aromatic heterocycles. The predicted molar refractivity (Wildman–Crippen MR) is 169 cm³/mol. The molecule has 7 rings (SSSR count). The average Bonchev–Trinajstić information content (AvgIpc) is 3.43. The van der Waals surface area contributed by atoms with Gasteiger partial charge in [-0.15, -0.1) is 0 Å². The summed E-state index contributed by atoms with van der Waals surface area (Å²) in [5, 5.41) is 2.57. The average molecular weight is 506 g/mol. The van der Waals surface area contributed by atoms with E-state index in [0.29, 0.717) is 0 Å². The number of fused-ring (bicyclic) bond motifs is 6. The van der Waals surface area contributed by atoms with Crippen molar-refractivity contribution in [3.63, 3.8) is 0 Å². The van der Waals surface area contributed by atoms with Crippen LogP contribution in [0.5, 0.6) is 0 Å². The Kier molecular flexibility index (Phi) is 6.23. The van der Waals surface area contributed by atoms with Gasteiger partial charge in [-0.25, -0.2) is 0 Å². The third-order valence-electron chi connectivity index (χ3n) is 8.22. The van der Waals surface area contributed by atoms with Gasteiger partial charge in [-0.2, -0.15) is 0 Å². The van der Waals surface area contributed by atoms with Crippen LogP contribution in [0.1, 0.15) is 48.6 Å². The lowest BCUT2D eigenvalue weighted by molar-refractivity contribution is 0.660. The van der Waals surface area contributed by atoms with Crippen molar-refractivity contribution in [1.82, 2.24) is 4.98 Å². The summed E-state index contributed by atoms with van der Waals surface area (Å²) in [7, 11) is 0. The number of H-pyrrole nitrogens is 1. The van der Waals surface area contributed by atoms with Gasteiger partial charge in [0.05, 0.1) is 5.52 Å². The summed E-state index contributed by atoms with van der Waals surface area (Å²) in [5.74, 6) is 0. The summed E-state index contributed by atoms with van der Waals surface area (Å²) < 4.78 is 0. The first-order valence-corrected chi connectivity index (χ1v) is 13.8. The molecule has 1 nitrogen and oxygen atoms in total. The first-order valence-electron chi connectivity index (χ1n) is 13.8. The molecule has 1 heteroatoms. The normalized spacial score (nSPS) is 13.4. The summed E-state index contributed by atoms with van der Waals surface area (Å²) in [4.78, 5) is 3.67. The lowest BCUT2D eigenvalue weighted by Crippen LogP contribution is -2.14. The number of hydrogen-bond donors (Lipinski definition) is 1. The first kappa shape index (κ1) is 24.9. The summed E-state index contributed by atoms with van der Waals surface area (Å²) in [5.41, 5.74) is 14.5. The van der Waals surface area contributed by atoms with Gasteiger partial charge in [0.2, 0.25) is 0 Å². The summed E-state index contributed by atoms with van der Waals surface area (Å²) in [6.45, 7) is 11.0. The number of rotatable bonds is 2.